The number of carbonyl (C=O) groups is 1. The van der Waals surface area contributed by atoms with E-state index in [1.54, 1.807) is 18.6 Å². The lowest BCUT2D eigenvalue weighted by atomic mass is 9.93. The van der Waals surface area contributed by atoms with Gasteiger partial charge in [-0.15, -0.1) is 0 Å². The average molecular weight is 345 g/mol. The lowest BCUT2D eigenvalue weighted by Crippen LogP contribution is -2.38. The number of aromatic amines is 1. The number of nitrogens with one attached hydrogen (secondary N) is 1. The third kappa shape index (κ3) is 2.45. The van der Waals surface area contributed by atoms with Crippen LogP contribution in [0.1, 0.15) is 34.9 Å². The molecule has 3 aromatic heterocycles. The molecule has 1 aliphatic rings. The molecule has 0 saturated carbocycles. The lowest BCUT2D eigenvalue weighted by molar-refractivity contribution is 0.0707. The number of amides is 1. The Morgan fingerprint density at radius 1 is 1.08 bits per heavy atom. The standard InChI is InChI=1S/C20H19N5O/c26-20(18-19-22-8-12-24(19)11-7-21-18)25-9-5-14(6-10-25)17-13-15-3-1-2-4-16(15)23-17/h1-4,7-8,11-14,23H,5-6,9-10H2. The summed E-state index contributed by atoms with van der Waals surface area (Å²) >= 11 is 0. The summed E-state index contributed by atoms with van der Waals surface area (Å²) in [5.41, 5.74) is 3.50. The highest BCUT2D eigenvalue weighted by Gasteiger charge is 2.27. The Hall–Kier alpha value is -3.15. The number of imidazole rings is 1. The maximum Gasteiger partial charge on any atom is 0.276 e. The van der Waals surface area contributed by atoms with Gasteiger partial charge in [0.05, 0.1) is 0 Å². The van der Waals surface area contributed by atoms with Crippen molar-refractivity contribution in [1.82, 2.24) is 24.3 Å². The fourth-order valence-electron chi connectivity index (χ4n) is 3.86. The van der Waals surface area contributed by atoms with E-state index in [9.17, 15) is 4.79 Å². The average Bonchev–Trinajstić information content (AvgIpc) is 3.34. The Balaban J connectivity index is 1.33. The highest BCUT2D eigenvalue weighted by molar-refractivity contribution is 5.97. The van der Waals surface area contributed by atoms with Crippen molar-refractivity contribution in [3.05, 3.63) is 66.5 Å². The fraction of sp³-hybridized carbons (Fsp3) is 0.250. The minimum atomic E-state index is -0.0307. The van der Waals surface area contributed by atoms with Crippen molar-refractivity contribution in [2.75, 3.05) is 13.1 Å². The SMILES string of the molecule is O=C(c1nccn2ccnc12)N1CCC(c2cc3ccccc3[nH]2)CC1. The Kier molecular flexibility index (Phi) is 3.48. The largest absolute Gasteiger partial charge is 0.358 e. The molecule has 4 heterocycles. The molecule has 1 amide bonds. The van der Waals surface area contributed by atoms with Gasteiger partial charge in [0.25, 0.3) is 5.91 Å². The number of hydrogen-bond donors (Lipinski definition) is 1. The van der Waals surface area contributed by atoms with E-state index in [0.717, 1.165) is 25.9 Å². The Bertz CT molecular complexity index is 1050. The van der Waals surface area contributed by atoms with Gasteiger partial charge in [-0.3, -0.25) is 4.79 Å². The molecule has 0 bridgehead atoms. The molecule has 0 unspecified atom stereocenters. The van der Waals surface area contributed by atoms with E-state index in [2.05, 4.69) is 39.2 Å². The van der Waals surface area contributed by atoms with Gasteiger partial charge >= 0.3 is 0 Å². The van der Waals surface area contributed by atoms with Gasteiger partial charge in [-0.25, -0.2) is 9.97 Å². The van der Waals surface area contributed by atoms with Gasteiger partial charge < -0.3 is 14.3 Å². The van der Waals surface area contributed by atoms with Crippen LogP contribution in [-0.2, 0) is 0 Å². The fourth-order valence-corrected chi connectivity index (χ4v) is 3.86. The molecule has 130 valence electrons. The van der Waals surface area contributed by atoms with E-state index in [0.29, 0.717) is 17.3 Å². The van der Waals surface area contributed by atoms with Crippen molar-refractivity contribution < 1.29 is 4.79 Å². The number of fused-ring (bicyclic) bond motifs is 2. The van der Waals surface area contributed by atoms with Crippen molar-refractivity contribution >= 4 is 22.5 Å². The number of nitrogens with zero attached hydrogens (tertiary/aromatic N) is 4. The number of hydrogen-bond acceptors (Lipinski definition) is 3. The first-order valence-electron chi connectivity index (χ1n) is 8.94. The van der Waals surface area contributed by atoms with E-state index < -0.39 is 0 Å². The second-order valence-corrected chi connectivity index (χ2v) is 6.81. The van der Waals surface area contributed by atoms with Crippen LogP contribution in [0.4, 0.5) is 0 Å². The summed E-state index contributed by atoms with van der Waals surface area (Å²) in [6.07, 6.45) is 8.89. The van der Waals surface area contributed by atoms with Crippen molar-refractivity contribution in [2.45, 2.75) is 18.8 Å². The zero-order valence-electron chi connectivity index (χ0n) is 14.3. The number of para-hydroxylation sites is 1. The van der Waals surface area contributed by atoms with E-state index >= 15 is 0 Å². The number of H-pyrrole nitrogens is 1. The highest BCUT2D eigenvalue weighted by atomic mass is 16.2. The maximum absolute atomic E-state index is 12.9. The van der Waals surface area contributed by atoms with Crippen LogP contribution < -0.4 is 0 Å². The zero-order valence-corrected chi connectivity index (χ0v) is 14.3. The molecular formula is C20H19N5O. The number of benzene rings is 1. The van der Waals surface area contributed by atoms with Crippen molar-refractivity contribution in [2.24, 2.45) is 0 Å². The molecule has 6 heteroatoms. The number of aromatic nitrogens is 4. The molecular weight excluding hydrogens is 326 g/mol. The van der Waals surface area contributed by atoms with Gasteiger partial charge in [-0.2, -0.15) is 0 Å². The lowest BCUT2D eigenvalue weighted by Gasteiger charge is -2.31. The van der Waals surface area contributed by atoms with E-state index in [1.165, 1.54) is 16.6 Å². The zero-order chi connectivity index (χ0) is 17.5. The van der Waals surface area contributed by atoms with Crippen molar-refractivity contribution in [3.8, 4) is 0 Å². The molecule has 1 N–H and O–H groups in total. The Morgan fingerprint density at radius 2 is 1.85 bits per heavy atom. The van der Waals surface area contributed by atoms with Crippen molar-refractivity contribution in [3.63, 3.8) is 0 Å². The minimum absolute atomic E-state index is 0.0307. The predicted octanol–water partition coefficient (Wildman–Crippen LogP) is 3.23. The number of rotatable bonds is 2. The quantitative estimate of drug-likeness (QED) is 0.606. The van der Waals surface area contributed by atoms with Gasteiger partial charge in [-0.05, 0) is 30.4 Å². The Labute approximate surface area is 150 Å². The molecule has 6 nitrogen and oxygen atoms in total. The molecule has 1 aromatic carbocycles. The molecule has 4 aromatic rings. The summed E-state index contributed by atoms with van der Waals surface area (Å²) < 4.78 is 1.83. The first kappa shape index (κ1) is 15.1. The molecule has 1 saturated heterocycles. The van der Waals surface area contributed by atoms with E-state index in [1.807, 2.05) is 21.6 Å². The van der Waals surface area contributed by atoms with Crippen LogP contribution in [0.25, 0.3) is 16.6 Å². The van der Waals surface area contributed by atoms with E-state index in [4.69, 9.17) is 0 Å². The van der Waals surface area contributed by atoms with Crippen LogP contribution in [0.15, 0.2) is 55.1 Å². The smallest absolute Gasteiger partial charge is 0.276 e. The third-order valence-electron chi connectivity index (χ3n) is 5.29. The second-order valence-electron chi connectivity index (χ2n) is 6.81. The molecule has 26 heavy (non-hydrogen) atoms. The highest BCUT2D eigenvalue weighted by Crippen LogP contribution is 2.30. The van der Waals surface area contributed by atoms with Crippen LogP contribution in [0.5, 0.6) is 0 Å². The molecule has 0 spiro atoms. The topological polar surface area (TPSA) is 66.3 Å². The number of piperidine rings is 1. The molecule has 0 aliphatic carbocycles. The second kappa shape index (κ2) is 5.98. The van der Waals surface area contributed by atoms with Crippen LogP contribution in [0, 0.1) is 0 Å². The number of likely N-dealkylation sites (tertiary alicyclic amines) is 1. The van der Waals surface area contributed by atoms with Crippen LogP contribution in [-0.4, -0.2) is 43.2 Å². The molecule has 0 radical (unpaired) electrons. The first-order valence-corrected chi connectivity index (χ1v) is 8.94. The number of carbonyl (C=O) groups excluding carboxylic acids is 1. The summed E-state index contributed by atoms with van der Waals surface area (Å²) in [6.45, 7) is 1.48. The van der Waals surface area contributed by atoms with Crippen molar-refractivity contribution in [1.29, 1.82) is 0 Å². The first-order chi connectivity index (χ1) is 12.8. The molecule has 1 aliphatic heterocycles. The minimum Gasteiger partial charge on any atom is -0.358 e. The van der Waals surface area contributed by atoms with Gasteiger partial charge in [0.15, 0.2) is 11.3 Å². The van der Waals surface area contributed by atoms with Crippen LogP contribution in [0.3, 0.4) is 0 Å². The molecule has 5 rings (SSSR count). The summed E-state index contributed by atoms with van der Waals surface area (Å²) in [7, 11) is 0. The van der Waals surface area contributed by atoms with Gasteiger partial charge in [-0.1, -0.05) is 18.2 Å². The normalized spacial score (nSPS) is 15.8. The van der Waals surface area contributed by atoms with E-state index in [-0.39, 0.29) is 5.91 Å². The molecule has 1 fully saturated rings. The predicted molar refractivity (Wildman–Crippen MR) is 99.2 cm³/mol. The van der Waals surface area contributed by atoms with Crippen LogP contribution in [0.2, 0.25) is 0 Å². The summed E-state index contributed by atoms with van der Waals surface area (Å²) in [5.74, 6) is 0.429. The van der Waals surface area contributed by atoms with Gasteiger partial charge in [0, 0.05) is 55.0 Å². The summed E-state index contributed by atoms with van der Waals surface area (Å²) in [5, 5.41) is 1.25. The van der Waals surface area contributed by atoms with Crippen LogP contribution >= 0.6 is 0 Å². The Morgan fingerprint density at radius 3 is 2.65 bits per heavy atom. The maximum atomic E-state index is 12.9. The summed E-state index contributed by atoms with van der Waals surface area (Å²) in [6, 6.07) is 10.6. The van der Waals surface area contributed by atoms with Gasteiger partial charge in [0.1, 0.15) is 0 Å². The third-order valence-corrected chi connectivity index (χ3v) is 5.29. The monoisotopic (exact) mass is 345 g/mol. The molecule has 0 atom stereocenters. The summed E-state index contributed by atoms with van der Waals surface area (Å²) in [4.78, 5) is 26.9. The van der Waals surface area contributed by atoms with Gasteiger partial charge in [0.2, 0.25) is 0 Å².